The van der Waals surface area contributed by atoms with E-state index < -0.39 is 28.8 Å². The van der Waals surface area contributed by atoms with Gasteiger partial charge in [-0.2, -0.15) is 0 Å². The van der Waals surface area contributed by atoms with Gasteiger partial charge < -0.3 is 16.0 Å². The molecule has 0 unspecified atom stereocenters. The van der Waals surface area contributed by atoms with Crippen LogP contribution in [-0.4, -0.2) is 40.5 Å². The topological polar surface area (TPSA) is 91.8 Å². The van der Waals surface area contributed by atoms with Crippen molar-refractivity contribution in [1.82, 2.24) is 25.6 Å². The molecule has 0 bridgehead atoms. The van der Waals surface area contributed by atoms with Gasteiger partial charge in [0.05, 0.1) is 15.3 Å². The molecule has 5 rings (SSSR count). The first-order valence-electron chi connectivity index (χ1n) is 12.3. The molecule has 1 aromatic carbocycles. The van der Waals surface area contributed by atoms with Crippen LogP contribution in [-0.2, 0) is 5.41 Å². The van der Waals surface area contributed by atoms with Crippen molar-refractivity contribution in [2.24, 2.45) is 0 Å². The van der Waals surface area contributed by atoms with Crippen LogP contribution in [0.2, 0.25) is 0 Å². The Morgan fingerprint density at radius 3 is 2.64 bits per heavy atom. The lowest BCUT2D eigenvalue weighted by molar-refractivity contribution is 0.0926. The Labute approximate surface area is 231 Å². The maximum absolute atomic E-state index is 15.4. The number of aryl methyl sites for hydroxylation is 1. The summed E-state index contributed by atoms with van der Waals surface area (Å²) in [4.78, 5) is 25.8. The molecule has 7 nitrogen and oxygen atoms in total. The lowest BCUT2D eigenvalue weighted by Gasteiger charge is -2.38. The number of nitrogens with one attached hydrogen (secondary N) is 3. The minimum atomic E-state index is -0.754. The summed E-state index contributed by atoms with van der Waals surface area (Å²) in [6.07, 6.45) is 5.74. The number of hydrogen-bond acceptors (Lipinski definition) is 8. The second kappa shape index (κ2) is 11.7. The van der Waals surface area contributed by atoms with Crippen molar-refractivity contribution in [2.45, 2.75) is 34.3 Å². The third-order valence-corrected chi connectivity index (χ3v) is 8.61. The molecule has 1 saturated heterocycles. The molecular formula is C27H25F3N6OS2. The molecule has 1 aliphatic rings. The van der Waals surface area contributed by atoms with Crippen molar-refractivity contribution in [3.8, 4) is 0 Å². The van der Waals surface area contributed by atoms with Gasteiger partial charge in [0.15, 0.2) is 16.6 Å². The van der Waals surface area contributed by atoms with E-state index in [9.17, 15) is 13.6 Å². The summed E-state index contributed by atoms with van der Waals surface area (Å²) in [7, 11) is 0. The molecule has 0 atom stereocenters. The molecule has 202 valence electrons. The number of piperidine rings is 1. The zero-order chi connectivity index (χ0) is 27.4. The van der Waals surface area contributed by atoms with Gasteiger partial charge in [-0.05, 0) is 68.2 Å². The number of rotatable bonds is 8. The number of nitrogens with zero attached hydrogens (tertiary/aromatic N) is 3. The molecule has 4 heterocycles. The third-order valence-electron chi connectivity index (χ3n) is 6.56. The van der Waals surface area contributed by atoms with Crippen molar-refractivity contribution in [3.63, 3.8) is 0 Å². The van der Waals surface area contributed by atoms with E-state index >= 15 is 4.39 Å². The molecule has 12 heteroatoms. The van der Waals surface area contributed by atoms with Crippen molar-refractivity contribution in [2.75, 3.05) is 25.0 Å². The monoisotopic (exact) mass is 570 g/mol. The third kappa shape index (κ3) is 6.23. The zero-order valence-electron chi connectivity index (χ0n) is 20.9. The van der Waals surface area contributed by atoms with Gasteiger partial charge in [-0.25, -0.2) is 28.1 Å². The van der Waals surface area contributed by atoms with Crippen LogP contribution in [0, 0.1) is 24.4 Å². The number of carbonyl (C=O) groups is 1. The minimum absolute atomic E-state index is 0.0609. The quantitative estimate of drug-likeness (QED) is 0.254. The fourth-order valence-corrected chi connectivity index (χ4v) is 6.42. The van der Waals surface area contributed by atoms with Crippen molar-refractivity contribution < 1.29 is 18.0 Å². The highest BCUT2D eigenvalue weighted by molar-refractivity contribution is 8.01. The molecule has 0 saturated carbocycles. The van der Waals surface area contributed by atoms with Gasteiger partial charge in [-0.3, -0.25) is 4.79 Å². The van der Waals surface area contributed by atoms with Crippen molar-refractivity contribution in [1.29, 1.82) is 0 Å². The molecule has 3 N–H and O–H groups in total. The smallest absolute Gasteiger partial charge is 0.273 e. The molecule has 1 fully saturated rings. The highest BCUT2D eigenvalue weighted by atomic mass is 32.2. The molecule has 1 aliphatic heterocycles. The van der Waals surface area contributed by atoms with Crippen molar-refractivity contribution >= 4 is 40.0 Å². The molecule has 3 aromatic heterocycles. The van der Waals surface area contributed by atoms with Gasteiger partial charge in [-0.15, -0.1) is 0 Å². The minimum Gasteiger partial charge on any atom is -0.350 e. The number of thiazole rings is 1. The first-order chi connectivity index (χ1) is 18.8. The van der Waals surface area contributed by atoms with Gasteiger partial charge in [0.25, 0.3) is 5.91 Å². The van der Waals surface area contributed by atoms with Gasteiger partial charge in [-0.1, -0.05) is 29.2 Å². The summed E-state index contributed by atoms with van der Waals surface area (Å²) in [6, 6.07) is 8.76. The molecule has 4 aromatic rings. The molecule has 1 amide bonds. The molecular weight excluding hydrogens is 545 g/mol. The van der Waals surface area contributed by atoms with Crippen LogP contribution in [0.15, 0.2) is 64.1 Å². The highest BCUT2D eigenvalue weighted by Crippen LogP contribution is 2.37. The summed E-state index contributed by atoms with van der Waals surface area (Å²) >= 11 is 2.46. The maximum atomic E-state index is 15.4. The Hall–Kier alpha value is -3.48. The van der Waals surface area contributed by atoms with Gasteiger partial charge in [0.1, 0.15) is 17.5 Å². The van der Waals surface area contributed by atoms with Crippen LogP contribution in [0.4, 0.5) is 24.1 Å². The van der Waals surface area contributed by atoms with Crippen LogP contribution < -0.4 is 16.0 Å². The Morgan fingerprint density at radius 2 is 1.87 bits per heavy atom. The van der Waals surface area contributed by atoms with E-state index in [1.54, 1.807) is 12.4 Å². The van der Waals surface area contributed by atoms with E-state index in [0.29, 0.717) is 46.7 Å². The normalized spacial score (nSPS) is 14.7. The van der Waals surface area contributed by atoms with Crippen LogP contribution in [0.25, 0.3) is 0 Å². The number of benzene rings is 1. The number of pyridine rings is 2. The van der Waals surface area contributed by atoms with Crippen LogP contribution in [0.3, 0.4) is 0 Å². The fraction of sp³-hybridized carbons (Fsp3) is 0.259. The number of carbonyl (C=O) groups excluding carboxylic acids is 1. The van der Waals surface area contributed by atoms with E-state index in [-0.39, 0.29) is 17.1 Å². The number of amides is 1. The predicted molar refractivity (Wildman–Crippen MR) is 145 cm³/mol. The van der Waals surface area contributed by atoms with Gasteiger partial charge in [0, 0.05) is 30.4 Å². The SMILES string of the molecule is Cc1ccnc(Nc2ncc(Sc3ccnc(C(=O)NCC4(c5ccc(F)cc5F)CCNCC4)c3F)s2)c1. The summed E-state index contributed by atoms with van der Waals surface area (Å²) in [5.74, 6) is -2.13. The van der Waals surface area contributed by atoms with E-state index in [2.05, 4.69) is 30.9 Å². The largest absolute Gasteiger partial charge is 0.350 e. The summed E-state index contributed by atoms with van der Waals surface area (Å²) in [6.45, 7) is 3.24. The average molecular weight is 571 g/mol. The first kappa shape index (κ1) is 27.1. The molecule has 0 radical (unpaired) electrons. The summed E-state index contributed by atoms with van der Waals surface area (Å²) in [5.41, 5.74) is 0.284. The number of aromatic nitrogens is 3. The Morgan fingerprint density at radius 1 is 1.08 bits per heavy atom. The molecule has 0 aliphatic carbocycles. The standard InChI is InChI=1S/C27H25F3N6OS2/c1-16-4-8-32-21(12-16)36-26-34-14-22(39-26)38-20-5-9-33-24(23(20)30)25(37)35-15-27(6-10-31-11-7-27)18-3-2-17(28)13-19(18)29/h2-5,8-9,12-14,31H,6-7,10-11,15H2,1H3,(H,35,37)(H,32,34,36). The van der Waals surface area contributed by atoms with Crippen molar-refractivity contribution in [3.05, 3.63) is 89.3 Å². The summed E-state index contributed by atoms with van der Waals surface area (Å²) in [5, 5.41) is 9.70. The van der Waals surface area contributed by atoms with Gasteiger partial charge in [0.2, 0.25) is 0 Å². The fourth-order valence-electron chi connectivity index (χ4n) is 4.55. The average Bonchev–Trinajstić information content (AvgIpc) is 3.35. The Kier molecular flexibility index (Phi) is 8.15. The zero-order valence-corrected chi connectivity index (χ0v) is 22.6. The lowest BCUT2D eigenvalue weighted by atomic mass is 9.72. The number of hydrogen-bond donors (Lipinski definition) is 3. The number of anilines is 2. The van der Waals surface area contributed by atoms with Gasteiger partial charge >= 0.3 is 0 Å². The maximum Gasteiger partial charge on any atom is 0.273 e. The van der Waals surface area contributed by atoms with E-state index in [1.165, 1.54) is 35.7 Å². The lowest BCUT2D eigenvalue weighted by Crippen LogP contribution is -2.48. The van der Waals surface area contributed by atoms with Crippen LogP contribution >= 0.6 is 23.1 Å². The predicted octanol–water partition coefficient (Wildman–Crippen LogP) is 5.60. The second-order valence-electron chi connectivity index (χ2n) is 9.24. The second-order valence-corrected chi connectivity index (χ2v) is 11.6. The van der Waals surface area contributed by atoms with E-state index in [4.69, 9.17) is 0 Å². The highest BCUT2D eigenvalue weighted by Gasteiger charge is 2.37. The van der Waals surface area contributed by atoms with Crippen LogP contribution in [0.5, 0.6) is 0 Å². The first-order valence-corrected chi connectivity index (χ1v) is 13.9. The molecule has 39 heavy (non-hydrogen) atoms. The van der Waals surface area contributed by atoms with Crippen LogP contribution in [0.1, 0.15) is 34.5 Å². The van der Waals surface area contributed by atoms with E-state index in [1.807, 2.05) is 19.1 Å². The number of halogens is 3. The summed E-state index contributed by atoms with van der Waals surface area (Å²) < 4.78 is 44.4. The van der Waals surface area contributed by atoms with E-state index in [0.717, 1.165) is 23.4 Å². The molecule has 0 spiro atoms. The Balaban J connectivity index is 1.29. The Bertz CT molecular complexity index is 1490.